The molecule has 0 saturated carbocycles. The van der Waals surface area contributed by atoms with E-state index in [-0.39, 0.29) is 30.2 Å². The molecule has 0 spiro atoms. The van der Waals surface area contributed by atoms with Crippen molar-refractivity contribution in [3.8, 4) is 0 Å². The Labute approximate surface area is 171 Å². The summed E-state index contributed by atoms with van der Waals surface area (Å²) in [6.07, 6.45) is 12.8. The number of carbonyl (C=O) groups excluding carboxylic acids is 2. The molecule has 0 radical (unpaired) electrons. The number of carboxylic acid groups (broad SMARTS) is 1. The predicted octanol–water partition coefficient (Wildman–Crippen LogP) is 6.08. The molecule has 1 N–H and O–H groups in total. The van der Waals surface area contributed by atoms with Gasteiger partial charge in [-0.25, -0.2) is 0 Å². The van der Waals surface area contributed by atoms with Crippen LogP contribution in [0.3, 0.4) is 0 Å². The summed E-state index contributed by atoms with van der Waals surface area (Å²) in [4.78, 5) is 34.3. The van der Waals surface area contributed by atoms with E-state index in [1.54, 1.807) is 6.92 Å². The highest BCUT2D eigenvalue weighted by atomic mass is 16.5. The third-order valence-electron chi connectivity index (χ3n) is 5.23. The van der Waals surface area contributed by atoms with Crippen LogP contribution in [0.2, 0.25) is 0 Å². The van der Waals surface area contributed by atoms with E-state index in [1.165, 1.54) is 0 Å². The van der Waals surface area contributed by atoms with Gasteiger partial charge in [-0.1, -0.05) is 46.0 Å². The van der Waals surface area contributed by atoms with Crippen LogP contribution in [0.5, 0.6) is 0 Å². The number of carbonyl (C=O) groups is 3. The van der Waals surface area contributed by atoms with E-state index >= 15 is 0 Å². The summed E-state index contributed by atoms with van der Waals surface area (Å²) < 4.78 is 5.65. The molecular formula is C23H42O5. The van der Waals surface area contributed by atoms with Gasteiger partial charge >= 0.3 is 11.9 Å². The van der Waals surface area contributed by atoms with Gasteiger partial charge in [-0.15, -0.1) is 0 Å². The number of hydrogen-bond donors (Lipinski definition) is 1. The molecule has 0 fully saturated rings. The maximum Gasteiger partial charge on any atom is 0.306 e. The van der Waals surface area contributed by atoms with E-state index in [1.807, 2.05) is 6.92 Å². The van der Waals surface area contributed by atoms with Gasteiger partial charge in [0.15, 0.2) is 0 Å². The predicted molar refractivity (Wildman–Crippen MR) is 112 cm³/mol. The largest absolute Gasteiger partial charge is 0.481 e. The summed E-state index contributed by atoms with van der Waals surface area (Å²) in [5, 5.41) is 8.65. The molecule has 2 atom stereocenters. The number of unbranched alkanes of at least 4 members (excludes halogenated alkanes) is 5. The number of aliphatic carboxylic acids is 1. The van der Waals surface area contributed by atoms with Crippen molar-refractivity contribution in [1.82, 2.24) is 0 Å². The van der Waals surface area contributed by atoms with Crippen molar-refractivity contribution in [2.45, 2.75) is 123 Å². The van der Waals surface area contributed by atoms with Gasteiger partial charge in [0, 0.05) is 18.8 Å². The first kappa shape index (κ1) is 26.6. The number of carboxylic acids is 1. The van der Waals surface area contributed by atoms with Gasteiger partial charge in [0.25, 0.3) is 0 Å². The lowest BCUT2D eigenvalue weighted by molar-refractivity contribution is -0.150. The topological polar surface area (TPSA) is 80.7 Å². The summed E-state index contributed by atoms with van der Waals surface area (Å²) in [5.41, 5.74) is 0. The SMILES string of the molecule is CCCCCC(CCCC(CCCCCCC(=O)O)C(C)=O)OC(=O)CCC. The molecule has 5 nitrogen and oxygen atoms in total. The first-order chi connectivity index (χ1) is 13.4. The molecule has 0 aromatic carbocycles. The Morgan fingerprint density at radius 2 is 1.36 bits per heavy atom. The molecule has 28 heavy (non-hydrogen) atoms. The smallest absolute Gasteiger partial charge is 0.306 e. The second-order valence-electron chi connectivity index (χ2n) is 7.94. The zero-order chi connectivity index (χ0) is 21.2. The number of ether oxygens (including phenoxy) is 1. The second kappa shape index (κ2) is 17.7. The highest BCUT2D eigenvalue weighted by Crippen LogP contribution is 2.21. The van der Waals surface area contributed by atoms with Crippen molar-refractivity contribution in [3.05, 3.63) is 0 Å². The maximum atomic E-state index is 11.9. The van der Waals surface area contributed by atoms with Crippen LogP contribution >= 0.6 is 0 Å². The van der Waals surface area contributed by atoms with Crippen LogP contribution in [0.15, 0.2) is 0 Å². The Balaban J connectivity index is 4.23. The van der Waals surface area contributed by atoms with Crippen LogP contribution in [0.25, 0.3) is 0 Å². The van der Waals surface area contributed by atoms with Gasteiger partial charge in [-0.2, -0.15) is 0 Å². The van der Waals surface area contributed by atoms with Crippen LogP contribution in [0.1, 0.15) is 117 Å². The molecule has 164 valence electrons. The lowest BCUT2D eigenvalue weighted by Crippen LogP contribution is -2.19. The molecule has 2 unspecified atom stereocenters. The summed E-state index contributed by atoms with van der Waals surface area (Å²) in [7, 11) is 0. The van der Waals surface area contributed by atoms with Crippen LogP contribution in [-0.2, 0) is 19.1 Å². The van der Waals surface area contributed by atoms with Crippen molar-refractivity contribution in [2.75, 3.05) is 0 Å². The molecule has 0 aliphatic rings. The average Bonchev–Trinajstić information content (AvgIpc) is 2.62. The molecule has 5 heteroatoms. The number of Topliss-reactive ketones (excluding diaryl/α,β-unsaturated/α-hetero) is 1. The number of hydrogen-bond acceptors (Lipinski definition) is 4. The second-order valence-corrected chi connectivity index (χ2v) is 7.94. The molecule has 0 heterocycles. The molecule has 0 amide bonds. The van der Waals surface area contributed by atoms with Gasteiger partial charge in [0.1, 0.15) is 11.9 Å². The Kier molecular flexibility index (Phi) is 16.8. The molecule has 0 aromatic heterocycles. The van der Waals surface area contributed by atoms with Gasteiger partial charge in [0.05, 0.1) is 0 Å². The Bertz CT molecular complexity index is 433. The van der Waals surface area contributed by atoms with Gasteiger partial charge < -0.3 is 9.84 Å². The van der Waals surface area contributed by atoms with Gasteiger partial charge in [-0.05, 0) is 58.3 Å². The number of ketones is 1. The first-order valence-electron chi connectivity index (χ1n) is 11.3. The first-order valence-corrected chi connectivity index (χ1v) is 11.3. The standard InChI is InChI=1S/C23H42O5/c1-4-6-9-16-21(28-23(27)13-5-2)17-12-15-20(19(3)24)14-10-7-8-11-18-22(25)26/h20-21H,4-18H2,1-3H3,(H,25,26). The van der Waals surface area contributed by atoms with E-state index in [0.29, 0.717) is 12.8 Å². The normalized spacial score (nSPS) is 13.1. The summed E-state index contributed by atoms with van der Waals surface area (Å²) in [6.45, 7) is 5.80. The quantitative estimate of drug-likeness (QED) is 0.211. The maximum absolute atomic E-state index is 11.9. The van der Waals surface area contributed by atoms with Gasteiger partial charge in [-0.3, -0.25) is 14.4 Å². The van der Waals surface area contributed by atoms with Crippen molar-refractivity contribution >= 4 is 17.7 Å². The van der Waals surface area contributed by atoms with E-state index in [2.05, 4.69) is 6.92 Å². The number of esters is 1. The molecule has 0 aliphatic heterocycles. The minimum Gasteiger partial charge on any atom is -0.481 e. The molecule has 0 aromatic rings. The fourth-order valence-corrected chi connectivity index (χ4v) is 3.50. The average molecular weight is 399 g/mol. The van der Waals surface area contributed by atoms with Crippen molar-refractivity contribution < 1.29 is 24.2 Å². The van der Waals surface area contributed by atoms with E-state index < -0.39 is 5.97 Å². The molecule has 0 bridgehead atoms. The lowest BCUT2D eigenvalue weighted by Gasteiger charge is -2.19. The van der Waals surface area contributed by atoms with Gasteiger partial charge in [0.2, 0.25) is 0 Å². The Morgan fingerprint density at radius 1 is 0.750 bits per heavy atom. The summed E-state index contributed by atoms with van der Waals surface area (Å²) in [6, 6.07) is 0. The van der Waals surface area contributed by atoms with Crippen LogP contribution in [0.4, 0.5) is 0 Å². The fourth-order valence-electron chi connectivity index (χ4n) is 3.50. The zero-order valence-electron chi connectivity index (χ0n) is 18.3. The molecular weight excluding hydrogens is 356 g/mol. The van der Waals surface area contributed by atoms with E-state index in [9.17, 15) is 14.4 Å². The fraction of sp³-hybridized carbons (Fsp3) is 0.870. The lowest BCUT2D eigenvalue weighted by atomic mass is 9.91. The Hall–Kier alpha value is -1.39. The highest BCUT2D eigenvalue weighted by Gasteiger charge is 2.17. The Morgan fingerprint density at radius 3 is 1.96 bits per heavy atom. The van der Waals surface area contributed by atoms with Crippen LogP contribution in [0, 0.1) is 5.92 Å². The zero-order valence-corrected chi connectivity index (χ0v) is 18.3. The highest BCUT2D eigenvalue weighted by molar-refractivity contribution is 5.78. The van der Waals surface area contributed by atoms with Crippen molar-refractivity contribution in [3.63, 3.8) is 0 Å². The monoisotopic (exact) mass is 398 g/mol. The summed E-state index contributed by atoms with van der Waals surface area (Å²) >= 11 is 0. The molecule has 0 saturated heterocycles. The van der Waals surface area contributed by atoms with Crippen LogP contribution < -0.4 is 0 Å². The van der Waals surface area contributed by atoms with E-state index in [4.69, 9.17) is 9.84 Å². The third-order valence-corrected chi connectivity index (χ3v) is 5.23. The van der Waals surface area contributed by atoms with E-state index in [0.717, 1.165) is 77.0 Å². The third kappa shape index (κ3) is 15.6. The summed E-state index contributed by atoms with van der Waals surface area (Å²) in [5.74, 6) is -0.540. The molecule has 0 aliphatic carbocycles. The minimum atomic E-state index is -0.741. The minimum absolute atomic E-state index is 0.0192. The molecule has 0 rings (SSSR count). The number of rotatable bonds is 19. The van der Waals surface area contributed by atoms with Crippen LogP contribution in [-0.4, -0.2) is 28.9 Å². The van der Waals surface area contributed by atoms with Crippen molar-refractivity contribution in [2.24, 2.45) is 5.92 Å². The van der Waals surface area contributed by atoms with Crippen molar-refractivity contribution in [1.29, 1.82) is 0 Å².